The van der Waals surface area contributed by atoms with Gasteiger partial charge < -0.3 is 5.73 Å². The zero-order chi connectivity index (χ0) is 14.9. The molecule has 0 saturated carbocycles. The van der Waals surface area contributed by atoms with Gasteiger partial charge in [0, 0.05) is 29.9 Å². The summed E-state index contributed by atoms with van der Waals surface area (Å²) in [6, 6.07) is 5.29. The molecule has 0 fully saturated rings. The summed E-state index contributed by atoms with van der Waals surface area (Å²) < 4.78 is 27.3. The lowest BCUT2D eigenvalue weighted by Gasteiger charge is -2.14. The maximum atomic E-state index is 12.5. The lowest BCUT2D eigenvalue weighted by Crippen LogP contribution is -2.25. The summed E-state index contributed by atoms with van der Waals surface area (Å²) in [5.74, 6) is 0. The number of sulfonamides is 1. The van der Waals surface area contributed by atoms with Crippen molar-refractivity contribution < 1.29 is 8.42 Å². The van der Waals surface area contributed by atoms with Crippen LogP contribution >= 0.6 is 34.3 Å². The molecule has 0 spiro atoms. The van der Waals surface area contributed by atoms with Gasteiger partial charge in [-0.05, 0) is 30.7 Å². The van der Waals surface area contributed by atoms with E-state index in [9.17, 15) is 8.42 Å². The van der Waals surface area contributed by atoms with Gasteiger partial charge in [-0.1, -0.05) is 11.6 Å². The normalized spacial score (nSPS) is 12.2. The van der Waals surface area contributed by atoms with Gasteiger partial charge in [0.25, 0.3) is 10.0 Å². The van der Waals surface area contributed by atoms with Gasteiger partial charge in [0.05, 0.1) is 4.34 Å². The molecular weight excluding hydrogens is 336 g/mol. The Labute approximate surface area is 131 Å². The van der Waals surface area contributed by atoms with Crippen LogP contribution in [0.3, 0.4) is 0 Å². The lowest BCUT2D eigenvalue weighted by atomic mass is 10.3. The second-order valence-electron chi connectivity index (χ2n) is 4.34. The Morgan fingerprint density at radius 1 is 1.35 bits per heavy atom. The molecule has 2 aromatic heterocycles. The van der Waals surface area contributed by atoms with Gasteiger partial charge in [0.15, 0.2) is 0 Å². The number of nitrogens with two attached hydrogens (primary N) is 1. The maximum absolute atomic E-state index is 12.5. The predicted octanol–water partition coefficient (Wildman–Crippen LogP) is 3.05. The van der Waals surface area contributed by atoms with Gasteiger partial charge in [-0.2, -0.15) is 4.31 Å². The van der Waals surface area contributed by atoms with Gasteiger partial charge in [-0.3, -0.25) is 0 Å². The van der Waals surface area contributed by atoms with Crippen LogP contribution in [0.1, 0.15) is 15.3 Å². The molecule has 8 heteroatoms. The molecule has 0 aliphatic heterocycles. The second kappa shape index (κ2) is 6.13. The molecule has 110 valence electrons. The Morgan fingerprint density at radius 2 is 2.05 bits per heavy atom. The van der Waals surface area contributed by atoms with Crippen LogP contribution in [-0.4, -0.2) is 19.8 Å². The fraction of sp³-hybridized carbons (Fsp3) is 0.333. The molecule has 0 amide bonds. The Bertz CT molecular complexity index is 706. The molecule has 0 aliphatic rings. The predicted molar refractivity (Wildman–Crippen MR) is 84.9 cm³/mol. The van der Waals surface area contributed by atoms with Crippen molar-refractivity contribution in [2.45, 2.75) is 24.2 Å². The molecule has 0 unspecified atom stereocenters. The molecule has 0 atom stereocenters. The first kappa shape index (κ1) is 15.9. The maximum Gasteiger partial charge on any atom is 0.252 e. The van der Waals surface area contributed by atoms with E-state index in [0.29, 0.717) is 21.6 Å². The minimum atomic E-state index is -3.48. The van der Waals surface area contributed by atoms with E-state index in [1.54, 1.807) is 19.2 Å². The molecule has 20 heavy (non-hydrogen) atoms. The van der Waals surface area contributed by atoms with Crippen molar-refractivity contribution in [2.24, 2.45) is 5.73 Å². The summed E-state index contributed by atoms with van der Waals surface area (Å²) in [4.78, 5) is 1.81. The zero-order valence-electron chi connectivity index (χ0n) is 11.1. The molecule has 2 heterocycles. The van der Waals surface area contributed by atoms with Crippen LogP contribution < -0.4 is 5.73 Å². The highest BCUT2D eigenvalue weighted by atomic mass is 35.5. The monoisotopic (exact) mass is 350 g/mol. The van der Waals surface area contributed by atoms with Gasteiger partial charge in [-0.15, -0.1) is 22.7 Å². The second-order valence-corrected chi connectivity index (χ2v) is 9.55. The van der Waals surface area contributed by atoms with Crippen LogP contribution in [-0.2, 0) is 23.1 Å². The first-order valence-corrected chi connectivity index (χ1v) is 9.29. The van der Waals surface area contributed by atoms with E-state index in [4.69, 9.17) is 17.3 Å². The van der Waals surface area contributed by atoms with Gasteiger partial charge in [0.1, 0.15) is 4.21 Å². The molecule has 0 aromatic carbocycles. The van der Waals surface area contributed by atoms with Crippen molar-refractivity contribution in [3.63, 3.8) is 0 Å². The van der Waals surface area contributed by atoms with Crippen molar-refractivity contribution in [3.05, 3.63) is 37.9 Å². The van der Waals surface area contributed by atoms with Gasteiger partial charge in [-0.25, -0.2) is 8.42 Å². The number of aryl methyl sites for hydroxylation is 1. The molecule has 2 N–H and O–H groups in total. The van der Waals surface area contributed by atoms with Crippen molar-refractivity contribution >= 4 is 44.3 Å². The molecule has 0 saturated heterocycles. The highest BCUT2D eigenvalue weighted by molar-refractivity contribution is 7.91. The average molecular weight is 351 g/mol. The smallest absolute Gasteiger partial charge is 0.252 e. The van der Waals surface area contributed by atoms with E-state index in [-0.39, 0.29) is 0 Å². The topological polar surface area (TPSA) is 63.4 Å². The Balaban J connectivity index is 2.24. The summed E-state index contributed by atoms with van der Waals surface area (Å²) >= 11 is 8.47. The Hall–Kier alpha value is -0.440. The number of halogens is 1. The third kappa shape index (κ3) is 3.24. The van der Waals surface area contributed by atoms with Crippen LogP contribution in [0.15, 0.2) is 22.4 Å². The van der Waals surface area contributed by atoms with Gasteiger partial charge >= 0.3 is 0 Å². The Kier molecular flexibility index (Phi) is 4.88. The molecule has 0 bridgehead atoms. The molecule has 4 nitrogen and oxygen atoms in total. The van der Waals surface area contributed by atoms with Crippen LogP contribution in [0.25, 0.3) is 0 Å². The van der Waals surface area contributed by atoms with E-state index in [2.05, 4.69) is 0 Å². The van der Waals surface area contributed by atoms with Crippen molar-refractivity contribution in [1.82, 2.24) is 4.31 Å². The third-order valence-corrected chi connectivity index (χ3v) is 7.58. The van der Waals surface area contributed by atoms with Crippen LogP contribution in [0, 0.1) is 6.92 Å². The standard InChI is InChI=1S/C12H15ClN2O2S3/c1-8-5-12(19-10(8)6-14)20(16,17)15(2)7-9-3-4-11(13)18-9/h3-5H,6-7,14H2,1-2H3. The van der Waals surface area contributed by atoms with E-state index in [1.807, 2.05) is 13.0 Å². The van der Waals surface area contributed by atoms with Crippen molar-refractivity contribution in [3.8, 4) is 0 Å². The summed E-state index contributed by atoms with van der Waals surface area (Å²) in [5, 5.41) is 0. The van der Waals surface area contributed by atoms with Crippen LogP contribution in [0.5, 0.6) is 0 Å². The zero-order valence-corrected chi connectivity index (χ0v) is 14.3. The van der Waals surface area contributed by atoms with E-state index < -0.39 is 10.0 Å². The number of nitrogens with zero attached hydrogens (tertiary/aromatic N) is 1. The lowest BCUT2D eigenvalue weighted by molar-refractivity contribution is 0.471. The minimum Gasteiger partial charge on any atom is -0.326 e. The van der Waals surface area contributed by atoms with Crippen LogP contribution in [0.2, 0.25) is 4.34 Å². The van der Waals surface area contributed by atoms with E-state index in [1.165, 1.54) is 27.0 Å². The summed E-state index contributed by atoms with van der Waals surface area (Å²) in [6.45, 7) is 2.54. The van der Waals surface area contributed by atoms with Crippen LogP contribution in [0.4, 0.5) is 0 Å². The number of thiophene rings is 2. The molecular formula is C12H15ClN2O2S3. The van der Waals surface area contributed by atoms with Crippen molar-refractivity contribution in [2.75, 3.05) is 7.05 Å². The largest absolute Gasteiger partial charge is 0.326 e. The average Bonchev–Trinajstić information content (AvgIpc) is 2.95. The summed E-state index contributed by atoms with van der Waals surface area (Å²) in [6.07, 6.45) is 0. The first-order chi connectivity index (χ1) is 9.34. The molecule has 2 aromatic rings. The highest BCUT2D eigenvalue weighted by Gasteiger charge is 2.24. The van der Waals surface area contributed by atoms with Gasteiger partial charge in [0.2, 0.25) is 0 Å². The molecule has 0 radical (unpaired) electrons. The third-order valence-electron chi connectivity index (χ3n) is 2.86. The number of rotatable bonds is 5. The highest BCUT2D eigenvalue weighted by Crippen LogP contribution is 2.29. The number of hydrogen-bond acceptors (Lipinski definition) is 5. The Morgan fingerprint density at radius 3 is 2.55 bits per heavy atom. The van der Waals surface area contributed by atoms with E-state index >= 15 is 0 Å². The first-order valence-electron chi connectivity index (χ1n) is 5.84. The number of hydrogen-bond donors (Lipinski definition) is 1. The van der Waals surface area contributed by atoms with E-state index in [0.717, 1.165) is 15.3 Å². The quantitative estimate of drug-likeness (QED) is 0.901. The summed E-state index contributed by atoms with van der Waals surface area (Å²) in [5.41, 5.74) is 6.52. The molecule has 2 rings (SSSR count). The summed E-state index contributed by atoms with van der Waals surface area (Å²) in [7, 11) is -1.91. The molecule has 0 aliphatic carbocycles. The fourth-order valence-electron chi connectivity index (χ4n) is 1.71. The minimum absolute atomic E-state index is 0.314. The fourth-order valence-corrected chi connectivity index (χ4v) is 5.76. The SMILES string of the molecule is Cc1cc(S(=O)(=O)N(C)Cc2ccc(Cl)s2)sc1CN. The van der Waals surface area contributed by atoms with Crippen molar-refractivity contribution in [1.29, 1.82) is 0 Å².